The van der Waals surface area contributed by atoms with Gasteiger partial charge in [-0.3, -0.25) is 0 Å². The van der Waals surface area contributed by atoms with Gasteiger partial charge in [0.1, 0.15) is 5.75 Å². The highest BCUT2D eigenvalue weighted by Gasteiger charge is 2.09. The number of methoxy groups -OCH3 is 1. The van der Waals surface area contributed by atoms with Crippen molar-refractivity contribution >= 4 is 5.97 Å². The van der Waals surface area contributed by atoms with Gasteiger partial charge in [-0.25, -0.2) is 14.8 Å². The third kappa shape index (κ3) is 2.29. The van der Waals surface area contributed by atoms with Gasteiger partial charge in [-0.2, -0.15) is 0 Å². The lowest BCUT2D eigenvalue weighted by Gasteiger charge is -2.07. The Kier molecular flexibility index (Phi) is 3.23. The molecule has 0 fully saturated rings. The molecule has 0 unspecified atom stereocenters. The van der Waals surface area contributed by atoms with Crippen LogP contribution in [0, 0.1) is 6.92 Å². The third-order valence-electron chi connectivity index (χ3n) is 2.55. The minimum Gasteiger partial charge on any atom is -0.496 e. The number of aromatic carboxylic acids is 1. The zero-order chi connectivity index (χ0) is 13.1. The van der Waals surface area contributed by atoms with Crippen LogP contribution in [0.5, 0.6) is 5.75 Å². The number of aryl methyl sites for hydroxylation is 1. The third-order valence-corrected chi connectivity index (χ3v) is 2.55. The van der Waals surface area contributed by atoms with Crippen molar-refractivity contribution in [1.82, 2.24) is 9.97 Å². The van der Waals surface area contributed by atoms with Crippen LogP contribution in [-0.4, -0.2) is 28.2 Å². The fourth-order valence-corrected chi connectivity index (χ4v) is 1.60. The molecule has 5 heteroatoms. The molecule has 5 nitrogen and oxygen atoms in total. The van der Waals surface area contributed by atoms with Crippen LogP contribution in [0.15, 0.2) is 30.5 Å². The molecule has 0 saturated heterocycles. The number of ether oxygens (including phenoxy) is 1. The van der Waals surface area contributed by atoms with E-state index in [1.165, 1.54) is 6.20 Å². The number of hydrogen-bond donors (Lipinski definition) is 1. The highest BCUT2D eigenvalue weighted by atomic mass is 16.5. The van der Waals surface area contributed by atoms with Gasteiger partial charge in [0.05, 0.1) is 12.8 Å². The molecule has 0 amide bonds. The van der Waals surface area contributed by atoms with Gasteiger partial charge >= 0.3 is 5.97 Å². The van der Waals surface area contributed by atoms with Crippen molar-refractivity contribution in [2.75, 3.05) is 7.11 Å². The molecule has 1 heterocycles. The van der Waals surface area contributed by atoms with E-state index in [4.69, 9.17) is 9.84 Å². The molecule has 0 saturated carbocycles. The molecule has 0 aliphatic carbocycles. The van der Waals surface area contributed by atoms with Gasteiger partial charge in [0.25, 0.3) is 0 Å². The molecular formula is C13H12N2O3. The Bertz CT molecular complexity index is 597. The average molecular weight is 244 g/mol. The molecule has 0 bridgehead atoms. The maximum absolute atomic E-state index is 10.8. The maximum atomic E-state index is 10.8. The molecule has 1 aromatic carbocycles. The average Bonchev–Trinajstić information content (AvgIpc) is 2.39. The second-order valence-corrected chi connectivity index (χ2v) is 3.76. The van der Waals surface area contributed by atoms with Gasteiger partial charge in [0.2, 0.25) is 5.82 Å². The van der Waals surface area contributed by atoms with Crippen molar-refractivity contribution in [1.29, 1.82) is 0 Å². The number of rotatable bonds is 3. The highest BCUT2D eigenvalue weighted by molar-refractivity contribution is 5.83. The van der Waals surface area contributed by atoms with Crippen molar-refractivity contribution in [3.63, 3.8) is 0 Å². The fraction of sp³-hybridized carbons (Fsp3) is 0.154. The van der Waals surface area contributed by atoms with Crippen LogP contribution in [0.2, 0.25) is 0 Å². The number of benzene rings is 1. The summed E-state index contributed by atoms with van der Waals surface area (Å²) in [6.45, 7) is 1.94. The van der Waals surface area contributed by atoms with Crippen LogP contribution in [-0.2, 0) is 0 Å². The number of carbonyl (C=O) groups is 1. The summed E-state index contributed by atoms with van der Waals surface area (Å²) < 4.78 is 5.23. The Morgan fingerprint density at radius 3 is 2.78 bits per heavy atom. The van der Waals surface area contributed by atoms with E-state index >= 15 is 0 Å². The molecule has 0 aliphatic heterocycles. The Labute approximate surface area is 104 Å². The summed E-state index contributed by atoms with van der Waals surface area (Å²) in [5.41, 5.74) is 2.36. The van der Waals surface area contributed by atoms with Crippen LogP contribution >= 0.6 is 0 Å². The molecule has 0 atom stereocenters. The lowest BCUT2D eigenvalue weighted by atomic mass is 10.1. The summed E-state index contributed by atoms with van der Waals surface area (Å²) in [6.07, 6.45) is 1.43. The van der Waals surface area contributed by atoms with Crippen LogP contribution in [0.3, 0.4) is 0 Å². The maximum Gasteiger partial charge on any atom is 0.373 e. The summed E-state index contributed by atoms with van der Waals surface area (Å²) in [4.78, 5) is 18.5. The molecule has 1 N–H and O–H groups in total. The van der Waals surface area contributed by atoms with Crippen LogP contribution in [0.25, 0.3) is 11.3 Å². The lowest BCUT2D eigenvalue weighted by Crippen LogP contribution is -2.04. The smallest absolute Gasteiger partial charge is 0.373 e. The predicted octanol–water partition coefficient (Wildman–Crippen LogP) is 2.16. The van der Waals surface area contributed by atoms with Crippen molar-refractivity contribution in [3.8, 4) is 17.0 Å². The highest BCUT2D eigenvalue weighted by Crippen LogP contribution is 2.25. The number of aromatic nitrogens is 2. The topological polar surface area (TPSA) is 72.3 Å². The van der Waals surface area contributed by atoms with Gasteiger partial charge in [-0.1, -0.05) is 12.1 Å². The van der Waals surface area contributed by atoms with E-state index in [1.54, 1.807) is 13.2 Å². The van der Waals surface area contributed by atoms with E-state index in [1.807, 2.05) is 25.1 Å². The molecule has 92 valence electrons. The van der Waals surface area contributed by atoms with E-state index in [0.29, 0.717) is 5.69 Å². The summed E-state index contributed by atoms with van der Waals surface area (Å²) in [5.74, 6) is -0.619. The second-order valence-electron chi connectivity index (χ2n) is 3.76. The minimum atomic E-state index is -1.14. The van der Waals surface area contributed by atoms with Crippen LogP contribution < -0.4 is 4.74 Å². The Hall–Kier alpha value is -2.43. The first kappa shape index (κ1) is 12.0. The van der Waals surface area contributed by atoms with Crippen LogP contribution in [0.1, 0.15) is 16.2 Å². The number of nitrogens with zero attached hydrogens (tertiary/aromatic N) is 2. The first-order chi connectivity index (χ1) is 8.61. The van der Waals surface area contributed by atoms with E-state index in [0.717, 1.165) is 16.9 Å². The number of carboxylic acids is 1. The zero-order valence-corrected chi connectivity index (χ0v) is 10.0. The van der Waals surface area contributed by atoms with Gasteiger partial charge in [0, 0.05) is 11.8 Å². The number of carboxylic acid groups (broad SMARTS) is 1. The van der Waals surface area contributed by atoms with Gasteiger partial charge in [-0.15, -0.1) is 0 Å². The predicted molar refractivity (Wildman–Crippen MR) is 65.7 cm³/mol. The minimum absolute atomic E-state index is 0.216. The Balaban J connectivity index is 2.48. The van der Waals surface area contributed by atoms with Crippen molar-refractivity contribution in [2.24, 2.45) is 0 Å². The molecule has 0 radical (unpaired) electrons. The van der Waals surface area contributed by atoms with E-state index in [2.05, 4.69) is 9.97 Å². The van der Waals surface area contributed by atoms with Gasteiger partial charge in [0.15, 0.2) is 0 Å². The summed E-state index contributed by atoms with van der Waals surface area (Å²) in [6, 6.07) is 7.25. The molecule has 0 spiro atoms. The number of hydrogen-bond acceptors (Lipinski definition) is 4. The molecular weight excluding hydrogens is 232 g/mol. The standard InChI is InChI=1S/C13H12N2O3/c1-8-3-4-9(7-11(8)18-2)10-5-6-14-12(15-10)13(16)17/h3-7H,1-2H3,(H,16,17). The van der Waals surface area contributed by atoms with Gasteiger partial charge in [-0.05, 0) is 24.6 Å². The fourth-order valence-electron chi connectivity index (χ4n) is 1.60. The summed E-state index contributed by atoms with van der Waals surface area (Å²) in [5, 5.41) is 8.85. The van der Waals surface area contributed by atoms with E-state index in [-0.39, 0.29) is 5.82 Å². The van der Waals surface area contributed by atoms with E-state index < -0.39 is 5.97 Å². The SMILES string of the molecule is COc1cc(-c2ccnc(C(=O)O)n2)ccc1C. The second kappa shape index (κ2) is 4.83. The first-order valence-corrected chi connectivity index (χ1v) is 5.33. The Morgan fingerprint density at radius 1 is 1.33 bits per heavy atom. The normalized spacial score (nSPS) is 10.1. The van der Waals surface area contributed by atoms with Crippen molar-refractivity contribution < 1.29 is 14.6 Å². The molecule has 2 aromatic rings. The van der Waals surface area contributed by atoms with Gasteiger partial charge < -0.3 is 9.84 Å². The molecule has 2 rings (SSSR count). The Morgan fingerprint density at radius 2 is 2.11 bits per heavy atom. The monoisotopic (exact) mass is 244 g/mol. The van der Waals surface area contributed by atoms with Crippen molar-refractivity contribution in [2.45, 2.75) is 6.92 Å². The molecule has 1 aromatic heterocycles. The summed E-state index contributed by atoms with van der Waals surface area (Å²) >= 11 is 0. The zero-order valence-electron chi connectivity index (χ0n) is 10.0. The molecule has 0 aliphatic rings. The largest absolute Gasteiger partial charge is 0.496 e. The lowest BCUT2D eigenvalue weighted by molar-refractivity contribution is 0.0683. The summed E-state index contributed by atoms with van der Waals surface area (Å²) in [7, 11) is 1.59. The molecule has 18 heavy (non-hydrogen) atoms. The van der Waals surface area contributed by atoms with Crippen LogP contribution in [0.4, 0.5) is 0 Å². The van der Waals surface area contributed by atoms with E-state index in [9.17, 15) is 4.79 Å². The van der Waals surface area contributed by atoms with Crippen molar-refractivity contribution in [3.05, 3.63) is 41.9 Å². The quantitative estimate of drug-likeness (QED) is 0.895. The first-order valence-electron chi connectivity index (χ1n) is 5.33.